The zero-order chi connectivity index (χ0) is 13.7. The average Bonchev–Trinajstić information content (AvgIpc) is 2.94. The lowest BCUT2D eigenvalue weighted by molar-refractivity contribution is 0.222. The van der Waals surface area contributed by atoms with E-state index in [1.54, 1.807) is 23.1 Å². The molecule has 1 aromatic rings. The summed E-state index contributed by atoms with van der Waals surface area (Å²) in [5.74, 6) is 0.657. The molecular weight excluding hydrogens is 244 g/mol. The van der Waals surface area contributed by atoms with Crippen LogP contribution < -0.4 is 10.1 Å². The molecule has 1 saturated heterocycles. The van der Waals surface area contributed by atoms with Crippen LogP contribution in [0.15, 0.2) is 18.2 Å². The molecule has 1 aromatic carbocycles. The Hall–Kier alpha value is -1.75. The number of aliphatic hydroxyl groups excluding tert-OH is 1. The Labute approximate surface area is 113 Å². The number of nitrogens with zero attached hydrogens (tertiary/aromatic N) is 1. The molecule has 0 spiro atoms. The number of benzene rings is 1. The molecule has 2 rings (SSSR count). The average molecular weight is 264 g/mol. The number of likely N-dealkylation sites (tertiary alicyclic amines) is 1. The van der Waals surface area contributed by atoms with E-state index in [0.29, 0.717) is 23.6 Å². The molecule has 1 aliphatic rings. The van der Waals surface area contributed by atoms with Gasteiger partial charge in [-0.25, -0.2) is 4.79 Å². The van der Waals surface area contributed by atoms with Crippen molar-refractivity contribution in [2.45, 2.75) is 26.4 Å². The van der Waals surface area contributed by atoms with E-state index in [-0.39, 0.29) is 12.6 Å². The maximum atomic E-state index is 11.9. The quantitative estimate of drug-likeness (QED) is 0.876. The van der Waals surface area contributed by atoms with Crippen LogP contribution in [0.5, 0.6) is 5.75 Å². The van der Waals surface area contributed by atoms with Crippen molar-refractivity contribution >= 4 is 11.7 Å². The highest BCUT2D eigenvalue weighted by atomic mass is 16.5. The van der Waals surface area contributed by atoms with E-state index < -0.39 is 0 Å². The second-order valence-electron chi connectivity index (χ2n) is 4.54. The van der Waals surface area contributed by atoms with Gasteiger partial charge in [-0.1, -0.05) is 0 Å². The smallest absolute Gasteiger partial charge is 0.321 e. The topological polar surface area (TPSA) is 61.8 Å². The molecule has 0 unspecified atom stereocenters. The summed E-state index contributed by atoms with van der Waals surface area (Å²) in [6, 6.07) is 5.23. The van der Waals surface area contributed by atoms with E-state index in [0.717, 1.165) is 25.9 Å². The fraction of sp³-hybridized carbons (Fsp3) is 0.500. The van der Waals surface area contributed by atoms with Gasteiger partial charge in [-0.15, -0.1) is 0 Å². The number of ether oxygens (including phenoxy) is 1. The molecule has 2 amide bonds. The van der Waals surface area contributed by atoms with Crippen molar-refractivity contribution in [2.24, 2.45) is 0 Å². The molecule has 0 atom stereocenters. The highest BCUT2D eigenvalue weighted by Crippen LogP contribution is 2.23. The molecule has 104 valence electrons. The minimum absolute atomic E-state index is 0.0782. The zero-order valence-electron chi connectivity index (χ0n) is 11.2. The predicted molar refractivity (Wildman–Crippen MR) is 73.4 cm³/mol. The highest BCUT2D eigenvalue weighted by Gasteiger charge is 2.18. The standard InChI is InChI=1S/C14H20N2O3/c1-2-19-13-6-5-12(9-11(13)10-17)15-14(18)16-7-3-4-8-16/h5-6,9,17H,2-4,7-8,10H2,1H3,(H,15,18). The summed E-state index contributed by atoms with van der Waals surface area (Å²) in [5.41, 5.74) is 1.37. The van der Waals surface area contributed by atoms with Crippen molar-refractivity contribution in [1.82, 2.24) is 4.90 Å². The van der Waals surface area contributed by atoms with Crippen LogP contribution in [0.25, 0.3) is 0 Å². The lowest BCUT2D eigenvalue weighted by Gasteiger charge is -2.17. The second kappa shape index (κ2) is 6.43. The monoisotopic (exact) mass is 264 g/mol. The second-order valence-corrected chi connectivity index (χ2v) is 4.54. The van der Waals surface area contributed by atoms with Gasteiger partial charge in [0.2, 0.25) is 0 Å². The zero-order valence-corrected chi connectivity index (χ0v) is 11.2. The van der Waals surface area contributed by atoms with E-state index in [1.807, 2.05) is 6.92 Å². The van der Waals surface area contributed by atoms with Crippen molar-refractivity contribution in [1.29, 1.82) is 0 Å². The Morgan fingerprint density at radius 3 is 2.79 bits per heavy atom. The van der Waals surface area contributed by atoms with E-state index in [1.165, 1.54) is 0 Å². The van der Waals surface area contributed by atoms with Crippen molar-refractivity contribution in [3.8, 4) is 5.75 Å². The summed E-state index contributed by atoms with van der Waals surface area (Å²) in [5, 5.41) is 12.2. The first-order chi connectivity index (χ1) is 9.24. The third-order valence-electron chi connectivity index (χ3n) is 3.18. The van der Waals surface area contributed by atoms with Gasteiger partial charge in [-0.05, 0) is 38.0 Å². The van der Waals surface area contributed by atoms with Gasteiger partial charge in [-0.2, -0.15) is 0 Å². The summed E-state index contributed by atoms with van der Waals surface area (Å²) in [4.78, 5) is 13.7. The van der Waals surface area contributed by atoms with Crippen LogP contribution in [0.4, 0.5) is 10.5 Å². The van der Waals surface area contributed by atoms with Crippen molar-refractivity contribution in [3.05, 3.63) is 23.8 Å². The normalized spacial score (nSPS) is 14.5. The van der Waals surface area contributed by atoms with Crippen LogP contribution in [0.2, 0.25) is 0 Å². The van der Waals surface area contributed by atoms with Gasteiger partial charge in [0.1, 0.15) is 5.75 Å². The highest BCUT2D eigenvalue weighted by molar-refractivity contribution is 5.89. The van der Waals surface area contributed by atoms with E-state index in [9.17, 15) is 9.90 Å². The van der Waals surface area contributed by atoms with Gasteiger partial charge < -0.3 is 20.1 Å². The summed E-state index contributed by atoms with van der Waals surface area (Å²) in [6.07, 6.45) is 2.14. The minimum Gasteiger partial charge on any atom is -0.494 e. The van der Waals surface area contributed by atoms with Gasteiger partial charge in [-0.3, -0.25) is 0 Å². The van der Waals surface area contributed by atoms with Gasteiger partial charge in [0, 0.05) is 24.3 Å². The molecular formula is C14H20N2O3. The number of rotatable bonds is 4. The van der Waals surface area contributed by atoms with Crippen molar-refractivity contribution < 1.29 is 14.6 Å². The third kappa shape index (κ3) is 3.38. The number of nitrogens with one attached hydrogen (secondary N) is 1. The lowest BCUT2D eigenvalue weighted by atomic mass is 10.2. The first kappa shape index (κ1) is 13.7. The molecule has 5 nitrogen and oxygen atoms in total. The van der Waals surface area contributed by atoms with Crippen LogP contribution in [0, 0.1) is 0 Å². The maximum absolute atomic E-state index is 11.9. The number of hydrogen-bond donors (Lipinski definition) is 2. The van der Waals surface area contributed by atoms with E-state index in [2.05, 4.69) is 5.32 Å². The van der Waals surface area contributed by atoms with Crippen LogP contribution in [-0.2, 0) is 6.61 Å². The predicted octanol–water partition coefficient (Wildman–Crippen LogP) is 2.21. The lowest BCUT2D eigenvalue weighted by Crippen LogP contribution is -2.32. The van der Waals surface area contributed by atoms with E-state index >= 15 is 0 Å². The Morgan fingerprint density at radius 2 is 2.16 bits per heavy atom. The van der Waals surface area contributed by atoms with Crippen LogP contribution >= 0.6 is 0 Å². The fourth-order valence-corrected chi connectivity index (χ4v) is 2.20. The number of hydrogen-bond acceptors (Lipinski definition) is 3. The molecule has 1 aliphatic heterocycles. The van der Waals surface area contributed by atoms with E-state index in [4.69, 9.17) is 4.74 Å². The molecule has 0 aliphatic carbocycles. The molecule has 0 radical (unpaired) electrons. The fourth-order valence-electron chi connectivity index (χ4n) is 2.20. The summed E-state index contributed by atoms with van der Waals surface area (Å²) in [7, 11) is 0. The first-order valence-corrected chi connectivity index (χ1v) is 6.67. The SMILES string of the molecule is CCOc1ccc(NC(=O)N2CCCC2)cc1CO. The first-order valence-electron chi connectivity index (χ1n) is 6.67. The number of urea groups is 1. The molecule has 2 N–H and O–H groups in total. The summed E-state index contributed by atoms with van der Waals surface area (Å²) >= 11 is 0. The number of amides is 2. The molecule has 1 fully saturated rings. The molecule has 1 heterocycles. The Balaban J connectivity index is 2.05. The Kier molecular flexibility index (Phi) is 4.63. The summed E-state index contributed by atoms with van der Waals surface area (Å²) < 4.78 is 5.40. The van der Waals surface area contributed by atoms with Gasteiger partial charge in [0.25, 0.3) is 0 Å². The largest absolute Gasteiger partial charge is 0.494 e. The minimum atomic E-state index is -0.108. The third-order valence-corrected chi connectivity index (χ3v) is 3.18. The number of anilines is 1. The van der Waals surface area contributed by atoms with Gasteiger partial charge in [0.15, 0.2) is 0 Å². The van der Waals surface area contributed by atoms with Gasteiger partial charge >= 0.3 is 6.03 Å². The number of carbonyl (C=O) groups excluding carboxylic acids is 1. The van der Waals surface area contributed by atoms with Crippen LogP contribution in [0.3, 0.4) is 0 Å². The molecule has 0 saturated carbocycles. The molecule has 5 heteroatoms. The Bertz CT molecular complexity index is 442. The Morgan fingerprint density at radius 1 is 1.42 bits per heavy atom. The molecule has 0 bridgehead atoms. The summed E-state index contributed by atoms with van der Waals surface area (Å²) in [6.45, 7) is 3.96. The molecule has 0 aromatic heterocycles. The number of carbonyl (C=O) groups is 1. The van der Waals surface area contributed by atoms with Crippen molar-refractivity contribution in [2.75, 3.05) is 25.0 Å². The molecule has 19 heavy (non-hydrogen) atoms. The van der Waals surface area contributed by atoms with Crippen molar-refractivity contribution in [3.63, 3.8) is 0 Å². The van der Waals surface area contributed by atoms with Crippen LogP contribution in [-0.4, -0.2) is 35.7 Å². The van der Waals surface area contributed by atoms with Crippen LogP contribution in [0.1, 0.15) is 25.3 Å². The maximum Gasteiger partial charge on any atom is 0.321 e. The van der Waals surface area contributed by atoms with Gasteiger partial charge in [0.05, 0.1) is 13.2 Å². The number of aliphatic hydroxyl groups is 1.